The van der Waals surface area contributed by atoms with Crippen molar-refractivity contribution in [1.29, 1.82) is 0 Å². The van der Waals surface area contributed by atoms with Crippen LogP contribution in [0.4, 0.5) is 0 Å². The molecule has 1 N–H and O–H groups in total. The molecular formula is C20H21N. The summed E-state index contributed by atoms with van der Waals surface area (Å²) in [7, 11) is 0. The van der Waals surface area contributed by atoms with Crippen molar-refractivity contribution in [3.05, 3.63) is 76.9 Å². The van der Waals surface area contributed by atoms with Crippen LogP contribution in [0.2, 0.25) is 0 Å². The zero-order chi connectivity index (χ0) is 14.1. The van der Waals surface area contributed by atoms with Gasteiger partial charge in [-0.05, 0) is 48.1 Å². The molecule has 1 saturated heterocycles. The van der Waals surface area contributed by atoms with Gasteiger partial charge in [-0.15, -0.1) is 0 Å². The number of hydrogen-bond donors (Lipinski definition) is 1. The molecule has 106 valence electrons. The summed E-state index contributed by atoms with van der Waals surface area (Å²) in [5, 5.41) is 3.58. The average Bonchev–Trinajstić information content (AvgIpc) is 3.17. The number of allylic oxidation sites excluding steroid dienone is 1. The van der Waals surface area contributed by atoms with Gasteiger partial charge < -0.3 is 5.32 Å². The summed E-state index contributed by atoms with van der Waals surface area (Å²) < 4.78 is 0. The molecule has 1 aliphatic heterocycles. The van der Waals surface area contributed by atoms with Gasteiger partial charge in [0, 0.05) is 12.0 Å². The normalized spacial score (nSPS) is 23.4. The first-order chi connectivity index (χ1) is 10.4. The molecule has 1 fully saturated rings. The Hall–Kier alpha value is -1.86. The van der Waals surface area contributed by atoms with Gasteiger partial charge in [0.05, 0.1) is 0 Å². The predicted octanol–water partition coefficient (Wildman–Crippen LogP) is 3.73. The maximum Gasteiger partial charge on any atom is 0.0130 e. The summed E-state index contributed by atoms with van der Waals surface area (Å²) in [6, 6.07) is 18.0. The number of hydrogen-bond acceptors (Lipinski definition) is 1. The van der Waals surface area contributed by atoms with Gasteiger partial charge >= 0.3 is 0 Å². The highest BCUT2D eigenvalue weighted by molar-refractivity contribution is 5.61. The maximum atomic E-state index is 3.58. The Labute approximate surface area is 126 Å². The molecule has 4 rings (SSSR count). The van der Waals surface area contributed by atoms with Crippen LogP contribution in [0.3, 0.4) is 0 Å². The Balaban J connectivity index is 1.71. The topological polar surface area (TPSA) is 12.0 Å². The third-order valence-corrected chi connectivity index (χ3v) is 5.02. The van der Waals surface area contributed by atoms with Gasteiger partial charge in [-0.1, -0.05) is 60.7 Å². The summed E-state index contributed by atoms with van der Waals surface area (Å²) in [5.74, 6) is 0. The lowest BCUT2D eigenvalue weighted by Gasteiger charge is -2.30. The zero-order valence-electron chi connectivity index (χ0n) is 12.3. The third-order valence-electron chi connectivity index (χ3n) is 5.02. The number of fused-ring (bicyclic) bond motifs is 1. The lowest BCUT2D eigenvalue weighted by molar-refractivity contribution is 0.467. The average molecular weight is 275 g/mol. The van der Waals surface area contributed by atoms with Crippen LogP contribution in [-0.4, -0.2) is 13.1 Å². The summed E-state index contributed by atoms with van der Waals surface area (Å²) in [6.45, 7) is 2.22. The van der Waals surface area contributed by atoms with E-state index in [4.69, 9.17) is 0 Å². The lowest BCUT2D eigenvalue weighted by atomic mass is 9.74. The van der Waals surface area contributed by atoms with Crippen molar-refractivity contribution in [2.75, 3.05) is 13.1 Å². The zero-order valence-corrected chi connectivity index (χ0v) is 12.3. The number of nitrogens with one attached hydrogen (secondary N) is 1. The molecule has 1 heteroatoms. The molecule has 0 saturated carbocycles. The van der Waals surface area contributed by atoms with E-state index in [2.05, 4.69) is 66.0 Å². The Bertz CT molecular complexity index is 663. The fraction of sp³-hybridized carbons (Fsp3) is 0.300. The van der Waals surface area contributed by atoms with Gasteiger partial charge in [0.25, 0.3) is 0 Å². The first kappa shape index (κ1) is 12.8. The Kier molecular flexibility index (Phi) is 3.16. The SMILES string of the molecule is C1=Cc2ccc([C@]3(Cc4ccccc4)CCNC3)cc2C1. The van der Waals surface area contributed by atoms with E-state index >= 15 is 0 Å². The molecule has 2 aliphatic rings. The van der Waals surface area contributed by atoms with Crippen molar-refractivity contribution >= 4 is 6.08 Å². The van der Waals surface area contributed by atoms with Gasteiger partial charge in [-0.3, -0.25) is 0 Å². The highest BCUT2D eigenvalue weighted by Crippen LogP contribution is 2.36. The van der Waals surface area contributed by atoms with Gasteiger partial charge in [0.1, 0.15) is 0 Å². The third kappa shape index (κ3) is 2.32. The van der Waals surface area contributed by atoms with Crippen molar-refractivity contribution in [3.63, 3.8) is 0 Å². The van der Waals surface area contributed by atoms with Gasteiger partial charge in [0.15, 0.2) is 0 Å². The molecule has 0 bridgehead atoms. The monoisotopic (exact) mass is 275 g/mol. The molecule has 21 heavy (non-hydrogen) atoms. The van der Waals surface area contributed by atoms with Crippen LogP contribution in [-0.2, 0) is 18.3 Å². The Morgan fingerprint density at radius 2 is 1.95 bits per heavy atom. The van der Waals surface area contributed by atoms with Crippen LogP contribution in [0.5, 0.6) is 0 Å². The molecule has 0 radical (unpaired) electrons. The van der Waals surface area contributed by atoms with Crippen molar-refractivity contribution < 1.29 is 0 Å². The van der Waals surface area contributed by atoms with Crippen molar-refractivity contribution in [3.8, 4) is 0 Å². The largest absolute Gasteiger partial charge is 0.316 e. The van der Waals surface area contributed by atoms with Crippen molar-refractivity contribution in [1.82, 2.24) is 5.32 Å². The van der Waals surface area contributed by atoms with Gasteiger partial charge in [-0.2, -0.15) is 0 Å². The van der Waals surface area contributed by atoms with E-state index in [9.17, 15) is 0 Å². The summed E-state index contributed by atoms with van der Waals surface area (Å²) >= 11 is 0. The molecular weight excluding hydrogens is 254 g/mol. The van der Waals surface area contributed by atoms with Crippen LogP contribution >= 0.6 is 0 Å². The molecule has 0 unspecified atom stereocenters. The molecule has 1 atom stereocenters. The summed E-state index contributed by atoms with van der Waals surface area (Å²) in [6.07, 6.45) is 7.97. The fourth-order valence-corrected chi connectivity index (χ4v) is 3.82. The maximum absolute atomic E-state index is 3.58. The first-order valence-corrected chi connectivity index (χ1v) is 7.90. The minimum Gasteiger partial charge on any atom is -0.316 e. The van der Waals surface area contributed by atoms with E-state index in [-0.39, 0.29) is 5.41 Å². The minimum absolute atomic E-state index is 0.263. The summed E-state index contributed by atoms with van der Waals surface area (Å²) in [5.41, 5.74) is 6.11. The summed E-state index contributed by atoms with van der Waals surface area (Å²) in [4.78, 5) is 0. The van der Waals surface area contributed by atoms with Crippen LogP contribution < -0.4 is 5.32 Å². The van der Waals surface area contributed by atoms with Crippen molar-refractivity contribution in [2.24, 2.45) is 0 Å². The first-order valence-electron chi connectivity index (χ1n) is 7.90. The van der Waals surface area contributed by atoms with E-state index in [1.807, 2.05) is 0 Å². The van der Waals surface area contributed by atoms with Crippen LogP contribution in [0.15, 0.2) is 54.6 Å². The molecule has 0 aromatic heterocycles. The predicted molar refractivity (Wildman–Crippen MR) is 88.5 cm³/mol. The lowest BCUT2D eigenvalue weighted by Crippen LogP contribution is -2.31. The van der Waals surface area contributed by atoms with E-state index in [1.165, 1.54) is 28.7 Å². The van der Waals surface area contributed by atoms with E-state index in [0.717, 1.165) is 25.9 Å². The second-order valence-corrected chi connectivity index (χ2v) is 6.39. The molecule has 0 amide bonds. The Morgan fingerprint density at radius 1 is 1.05 bits per heavy atom. The van der Waals surface area contributed by atoms with Crippen LogP contribution in [0, 0.1) is 0 Å². The highest BCUT2D eigenvalue weighted by Gasteiger charge is 2.36. The highest BCUT2D eigenvalue weighted by atomic mass is 14.9. The second kappa shape index (κ2) is 5.16. The number of benzene rings is 2. The molecule has 1 heterocycles. The second-order valence-electron chi connectivity index (χ2n) is 6.39. The van der Waals surface area contributed by atoms with Crippen molar-refractivity contribution in [2.45, 2.75) is 24.7 Å². The minimum atomic E-state index is 0.263. The number of rotatable bonds is 3. The van der Waals surface area contributed by atoms with Crippen LogP contribution in [0.25, 0.3) is 6.08 Å². The smallest absolute Gasteiger partial charge is 0.0130 e. The molecule has 2 aromatic carbocycles. The van der Waals surface area contributed by atoms with E-state index < -0.39 is 0 Å². The fourth-order valence-electron chi connectivity index (χ4n) is 3.82. The van der Waals surface area contributed by atoms with E-state index in [0.29, 0.717) is 0 Å². The standard InChI is InChI=1S/C20H21N/c1-2-5-16(6-3-1)14-20(11-12-21-15-20)19-10-9-17-7-4-8-18(17)13-19/h1-7,9-10,13,21H,8,11-12,14-15H2/t20-/m0/s1. The van der Waals surface area contributed by atoms with Gasteiger partial charge in [0.2, 0.25) is 0 Å². The Morgan fingerprint density at radius 3 is 2.76 bits per heavy atom. The van der Waals surface area contributed by atoms with Gasteiger partial charge in [-0.25, -0.2) is 0 Å². The molecule has 0 spiro atoms. The molecule has 1 aliphatic carbocycles. The van der Waals surface area contributed by atoms with E-state index in [1.54, 1.807) is 0 Å². The molecule has 1 nitrogen and oxygen atoms in total. The quantitative estimate of drug-likeness (QED) is 0.900. The molecule has 2 aromatic rings. The van der Waals surface area contributed by atoms with Crippen LogP contribution in [0.1, 0.15) is 28.7 Å².